The molecule has 2 rings (SSSR count). The minimum atomic E-state index is -0.373. The zero-order valence-corrected chi connectivity index (χ0v) is 17.0. The molecule has 0 radical (unpaired) electrons. The highest BCUT2D eigenvalue weighted by molar-refractivity contribution is 5.92. The summed E-state index contributed by atoms with van der Waals surface area (Å²) in [5, 5.41) is 8.64. The monoisotopic (exact) mass is 408 g/mol. The van der Waals surface area contributed by atoms with Crippen molar-refractivity contribution in [2.75, 3.05) is 27.4 Å². The Balaban J connectivity index is 2.13. The number of hydrogen-bond donors (Lipinski definition) is 0. The lowest BCUT2D eigenvalue weighted by molar-refractivity contribution is -0.141. The minimum Gasteiger partial charge on any atom is -0.493 e. The smallest absolute Gasteiger partial charge is 0.307 e. The summed E-state index contributed by atoms with van der Waals surface area (Å²) >= 11 is 0. The van der Waals surface area contributed by atoms with E-state index in [-0.39, 0.29) is 31.4 Å². The molecule has 0 aliphatic heterocycles. The molecule has 0 heterocycles. The van der Waals surface area contributed by atoms with Crippen LogP contribution in [0.3, 0.4) is 0 Å². The van der Waals surface area contributed by atoms with Gasteiger partial charge in [0.1, 0.15) is 6.07 Å². The highest BCUT2D eigenvalue weighted by atomic mass is 16.5. The van der Waals surface area contributed by atoms with Crippen molar-refractivity contribution in [2.45, 2.75) is 13.0 Å². The van der Waals surface area contributed by atoms with E-state index in [1.807, 2.05) is 36.4 Å². The standard InChI is InChI=1S/C23H24N2O5/c1-28-21-16-18(8-10-20(21)30-15-13-24)9-11-22(26)25(14-12-23(27)29-2)17-19-6-4-3-5-7-19/h3-11,16H,12,14-15,17H2,1-2H3/b11-9+. The van der Waals surface area contributed by atoms with Gasteiger partial charge in [-0.15, -0.1) is 0 Å². The number of carbonyl (C=O) groups is 2. The molecular weight excluding hydrogens is 384 g/mol. The van der Waals surface area contributed by atoms with E-state index >= 15 is 0 Å². The van der Waals surface area contributed by atoms with Crippen molar-refractivity contribution in [2.24, 2.45) is 0 Å². The van der Waals surface area contributed by atoms with Gasteiger partial charge in [-0.1, -0.05) is 36.4 Å². The fourth-order valence-electron chi connectivity index (χ4n) is 2.69. The Bertz CT molecular complexity index is 919. The molecule has 0 bridgehead atoms. The lowest BCUT2D eigenvalue weighted by Crippen LogP contribution is -2.31. The molecule has 0 aromatic heterocycles. The van der Waals surface area contributed by atoms with Crippen LogP contribution >= 0.6 is 0 Å². The number of rotatable bonds is 10. The van der Waals surface area contributed by atoms with Gasteiger partial charge in [0.25, 0.3) is 0 Å². The van der Waals surface area contributed by atoms with Gasteiger partial charge in [-0.05, 0) is 29.3 Å². The van der Waals surface area contributed by atoms with Crippen LogP contribution in [0.5, 0.6) is 11.5 Å². The van der Waals surface area contributed by atoms with Gasteiger partial charge in [0.05, 0.1) is 20.6 Å². The average Bonchev–Trinajstić information content (AvgIpc) is 2.79. The highest BCUT2D eigenvalue weighted by Gasteiger charge is 2.14. The van der Waals surface area contributed by atoms with Gasteiger partial charge >= 0.3 is 5.97 Å². The first kappa shape index (κ1) is 22.5. The number of nitriles is 1. The molecule has 0 fully saturated rings. The van der Waals surface area contributed by atoms with Crippen molar-refractivity contribution in [3.8, 4) is 17.6 Å². The topological polar surface area (TPSA) is 88.9 Å². The lowest BCUT2D eigenvalue weighted by Gasteiger charge is -2.21. The molecule has 0 saturated carbocycles. The number of esters is 1. The second kappa shape index (κ2) is 11.9. The van der Waals surface area contributed by atoms with E-state index in [9.17, 15) is 9.59 Å². The van der Waals surface area contributed by atoms with E-state index in [1.54, 1.807) is 29.2 Å². The Morgan fingerprint density at radius 1 is 1.10 bits per heavy atom. The molecular formula is C23H24N2O5. The summed E-state index contributed by atoms with van der Waals surface area (Å²) in [5.41, 5.74) is 1.70. The van der Waals surface area contributed by atoms with Crippen LogP contribution in [0.15, 0.2) is 54.6 Å². The van der Waals surface area contributed by atoms with E-state index in [1.165, 1.54) is 20.3 Å². The molecule has 0 N–H and O–H groups in total. The molecule has 0 aliphatic carbocycles. The van der Waals surface area contributed by atoms with E-state index in [2.05, 4.69) is 4.74 Å². The maximum absolute atomic E-state index is 12.8. The third kappa shape index (κ3) is 6.99. The fourth-order valence-corrected chi connectivity index (χ4v) is 2.69. The van der Waals surface area contributed by atoms with Crippen molar-refractivity contribution < 1.29 is 23.8 Å². The zero-order valence-electron chi connectivity index (χ0n) is 17.0. The Morgan fingerprint density at radius 2 is 1.87 bits per heavy atom. The van der Waals surface area contributed by atoms with Crippen LogP contribution in [0.4, 0.5) is 0 Å². The third-order valence-electron chi connectivity index (χ3n) is 4.24. The first-order valence-electron chi connectivity index (χ1n) is 9.33. The van der Waals surface area contributed by atoms with E-state index < -0.39 is 0 Å². The Hall–Kier alpha value is -3.79. The van der Waals surface area contributed by atoms with Crippen molar-refractivity contribution >= 4 is 18.0 Å². The second-order valence-electron chi connectivity index (χ2n) is 6.26. The minimum absolute atomic E-state index is 0.0847. The second-order valence-corrected chi connectivity index (χ2v) is 6.26. The maximum atomic E-state index is 12.8. The summed E-state index contributed by atoms with van der Waals surface area (Å²) < 4.78 is 15.3. The molecule has 156 valence electrons. The zero-order chi connectivity index (χ0) is 21.8. The quantitative estimate of drug-likeness (QED) is 0.443. The molecule has 2 aromatic carbocycles. The Kier molecular flexibility index (Phi) is 8.94. The molecule has 0 aliphatic rings. The molecule has 0 spiro atoms. The molecule has 30 heavy (non-hydrogen) atoms. The number of methoxy groups -OCH3 is 2. The Labute approximate surface area is 176 Å². The number of benzene rings is 2. The summed E-state index contributed by atoms with van der Waals surface area (Å²) in [6.07, 6.45) is 3.22. The van der Waals surface area contributed by atoms with Crippen molar-refractivity contribution in [3.63, 3.8) is 0 Å². The van der Waals surface area contributed by atoms with Gasteiger partial charge in [0.2, 0.25) is 5.91 Å². The van der Waals surface area contributed by atoms with Crippen LogP contribution in [0.1, 0.15) is 17.5 Å². The van der Waals surface area contributed by atoms with E-state index in [0.717, 1.165) is 11.1 Å². The average molecular weight is 408 g/mol. The van der Waals surface area contributed by atoms with Gasteiger partial charge in [-0.25, -0.2) is 0 Å². The van der Waals surface area contributed by atoms with Crippen LogP contribution in [0.25, 0.3) is 6.08 Å². The maximum Gasteiger partial charge on any atom is 0.307 e. The number of hydrogen-bond acceptors (Lipinski definition) is 6. The SMILES string of the molecule is COC(=O)CCN(Cc1ccccc1)C(=O)/C=C/c1ccc(OCC#N)c(OC)c1. The molecule has 1 amide bonds. The van der Waals surface area contributed by atoms with E-state index in [0.29, 0.717) is 18.0 Å². The number of amides is 1. The van der Waals surface area contributed by atoms with Gasteiger partial charge in [-0.3, -0.25) is 9.59 Å². The summed E-state index contributed by atoms with van der Waals surface area (Å²) in [5.74, 6) is 0.312. The molecule has 7 nitrogen and oxygen atoms in total. The number of nitrogens with zero attached hydrogens (tertiary/aromatic N) is 2. The third-order valence-corrected chi connectivity index (χ3v) is 4.24. The van der Waals surface area contributed by atoms with Crippen LogP contribution in [-0.4, -0.2) is 44.1 Å². The predicted octanol–water partition coefficient (Wildman–Crippen LogP) is 3.20. The van der Waals surface area contributed by atoms with Gasteiger partial charge in [-0.2, -0.15) is 5.26 Å². The molecule has 2 aromatic rings. The van der Waals surface area contributed by atoms with E-state index in [4.69, 9.17) is 14.7 Å². The van der Waals surface area contributed by atoms with Gasteiger partial charge < -0.3 is 19.1 Å². The lowest BCUT2D eigenvalue weighted by atomic mass is 10.1. The first-order valence-corrected chi connectivity index (χ1v) is 9.33. The molecule has 0 unspecified atom stereocenters. The van der Waals surface area contributed by atoms with Crippen molar-refractivity contribution in [1.29, 1.82) is 5.26 Å². The number of ether oxygens (including phenoxy) is 3. The molecule has 0 atom stereocenters. The highest BCUT2D eigenvalue weighted by Crippen LogP contribution is 2.28. The van der Waals surface area contributed by atoms with Gasteiger partial charge in [0, 0.05) is 19.2 Å². The summed E-state index contributed by atoms with van der Waals surface area (Å²) in [6, 6.07) is 16.6. The van der Waals surface area contributed by atoms with Crippen LogP contribution in [0, 0.1) is 11.3 Å². The number of carbonyl (C=O) groups excluding carboxylic acids is 2. The summed E-state index contributed by atoms with van der Waals surface area (Å²) in [7, 11) is 2.82. The van der Waals surface area contributed by atoms with Crippen molar-refractivity contribution in [3.05, 3.63) is 65.7 Å². The summed E-state index contributed by atoms with van der Waals surface area (Å²) in [6.45, 7) is 0.541. The normalized spacial score (nSPS) is 10.3. The van der Waals surface area contributed by atoms with Crippen molar-refractivity contribution in [1.82, 2.24) is 4.90 Å². The van der Waals surface area contributed by atoms with Crippen LogP contribution in [0.2, 0.25) is 0 Å². The van der Waals surface area contributed by atoms with Crippen LogP contribution in [-0.2, 0) is 20.9 Å². The first-order chi connectivity index (χ1) is 14.6. The van der Waals surface area contributed by atoms with Crippen LogP contribution < -0.4 is 9.47 Å². The summed E-state index contributed by atoms with van der Waals surface area (Å²) in [4.78, 5) is 25.9. The molecule has 0 saturated heterocycles. The Morgan fingerprint density at radius 3 is 2.53 bits per heavy atom. The predicted molar refractivity (Wildman–Crippen MR) is 112 cm³/mol. The molecule has 7 heteroatoms. The fraction of sp³-hybridized carbons (Fsp3) is 0.261. The van der Waals surface area contributed by atoms with Gasteiger partial charge in [0.15, 0.2) is 18.1 Å². The largest absolute Gasteiger partial charge is 0.493 e.